The van der Waals surface area contributed by atoms with E-state index < -0.39 is 6.04 Å². The van der Waals surface area contributed by atoms with Crippen molar-refractivity contribution in [2.24, 2.45) is 12.8 Å². The number of benzene rings is 1. The van der Waals surface area contributed by atoms with Crippen molar-refractivity contribution in [3.63, 3.8) is 0 Å². The van der Waals surface area contributed by atoms with Gasteiger partial charge in [-0.2, -0.15) is 5.10 Å². The number of nitrogens with zero attached hydrogens (tertiary/aromatic N) is 2. The van der Waals surface area contributed by atoms with Gasteiger partial charge in [-0.25, -0.2) is 0 Å². The largest absolute Gasteiger partial charge is 0.324 e. The van der Waals surface area contributed by atoms with Gasteiger partial charge in [0.2, 0.25) is 5.91 Å². The number of amides is 1. The predicted molar refractivity (Wildman–Crippen MR) is 83.9 cm³/mol. The molecule has 0 spiro atoms. The minimum absolute atomic E-state index is 0.0919. The van der Waals surface area contributed by atoms with E-state index in [2.05, 4.69) is 31.2 Å². The third kappa shape index (κ3) is 3.70. The van der Waals surface area contributed by atoms with Gasteiger partial charge >= 0.3 is 0 Å². The number of nitrogens with one attached hydrogen (secondary N) is 1. The van der Waals surface area contributed by atoms with E-state index in [0.717, 1.165) is 5.69 Å². The first-order chi connectivity index (χ1) is 9.77. The number of aromatic nitrogens is 2. The fourth-order valence-electron chi connectivity index (χ4n) is 2.03. The first kappa shape index (κ1) is 15.3. The van der Waals surface area contributed by atoms with Gasteiger partial charge < -0.3 is 11.1 Å². The normalized spacial score (nSPS) is 13.0. The van der Waals surface area contributed by atoms with Gasteiger partial charge in [-0.3, -0.25) is 9.48 Å². The Kier molecular flexibility index (Phi) is 4.14. The molecule has 1 amide bonds. The second-order valence-corrected chi connectivity index (χ2v) is 6.24. The van der Waals surface area contributed by atoms with E-state index in [1.807, 2.05) is 24.3 Å². The zero-order valence-electron chi connectivity index (χ0n) is 12.9. The second kappa shape index (κ2) is 5.69. The highest BCUT2D eigenvalue weighted by Crippen LogP contribution is 2.23. The highest BCUT2D eigenvalue weighted by atomic mass is 16.2. The Morgan fingerprint density at radius 2 is 1.90 bits per heavy atom. The number of carbonyl (C=O) groups excluding carboxylic acids is 1. The molecule has 2 aromatic rings. The maximum Gasteiger partial charge on any atom is 0.246 e. The van der Waals surface area contributed by atoms with Gasteiger partial charge in [-0.1, -0.05) is 32.9 Å². The maximum absolute atomic E-state index is 12.1. The number of rotatable bonds is 3. The summed E-state index contributed by atoms with van der Waals surface area (Å²) in [4.78, 5) is 12.1. The Labute approximate surface area is 125 Å². The van der Waals surface area contributed by atoms with Gasteiger partial charge in [-0.05, 0) is 23.1 Å². The zero-order valence-corrected chi connectivity index (χ0v) is 12.9. The van der Waals surface area contributed by atoms with E-state index in [4.69, 9.17) is 5.73 Å². The smallest absolute Gasteiger partial charge is 0.246 e. The fourth-order valence-corrected chi connectivity index (χ4v) is 2.03. The molecule has 112 valence electrons. The van der Waals surface area contributed by atoms with Crippen molar-refractivity contribution in [1.29, 1.82) is 0 Å². The molecule has 0 saturated heterocycles. The van der Waals surface area contributed by atoms with E-state index in [1.165, 1.54) is 5.56 Å². The van der Waals surface area contributed by atoms with Crippen molar-refractivity contribution in [3.05, 3.63) is 47.8 Å². The first-order valence-electron chi connectivity index (χ1n) is 6.93. The minimum Gasteiger partial charge on any atom is -0.324 e. The third-order valence-corrected chi connectivity index (χ3v) is 3.38. The van der Waals surface area contributed by atoms with Crippen LogP contribution in [-0.4, -0.2) is 15.7 Å². The third-order valence-electron chi connectivity index (χ3n) is 3.38. The van der Waals surface area contributed by atoms with Crippen LogP contribution in [0.15, 0.2) is 36.7 Å². The predicted octanol–water partition coefficient (Wildman–Crippen LogP) is 2.36. The molecule has 0 aliphatic heterocycles. The second-order valence-electron chi connectivity index (χ2n) is 6.24. The summed E-state index contributed by atoms with van der Waals surface area (Å²) in [6, 6.07) is 7.11. The first-order valence-corrected chi connectivity index (χ1v) is 6.93. The molecule has 0 radical (unpaired) electrons. The number of anilines is 1. The summed E-state index contributed by atoms with van der Waals surface area (Å²) in [6.07, 6.45) is 3.35. The highest BCUT2D eigenvalue weighted by molar-refractivity contribution is 5.95. The number of nitrogens with two attached hydrogens (primary N) is 1. The number of carbonyl (C=O) groups is 1. The summed E-state index contributed by atoms with van der Waals surface area (Å²) < 4.78 is 1.63. The SMILES string of the molecule is Cn1cc(C(N)C(=O)Nc2ccc(C(C)(C)C)cc2)cn1. The molecular formula is C16H22N4O. The average molecular weight is 286 g/mol. The quantitative estimate of drug-likeness (QED) is 0.909. The van der Waals surface area contributed by atoms with Crippen LogP contribution in [0.5, 0.6) is 0 Å². The van der Waals surface area contributed by atoms with Crippen LogP contribution in [0.3, 0.4) is 0 Å². The fraction of sp³-hybridized carbons (Fsp3) is 0.375. The molecule has 1 aromatic heterocycles. The lowest BCUT2D eigenvalue weighted by atomic mass is 9.87. The van der Waals surface area contributed by atoms with E-state index in [9.17, 15) is 4.79 Å². The van der Waals surface area contributed by atoms with E-state index in [-0.39, 0.29) is 11.3 Å². The van der Waals surface area contributed by atoms with Crippen molar-refractivity contribution >= 4 is 11.6 Å². The lowest BCUT2D eigenvalue weighted by Crippen LogP contribution is -2.27. The van der Waals surface area contributed by atoms with Crippen LogP contribution in [0.25, 0.3) is 0 Å². The summed E-state index contributed by atoms with van der Waals surface area (Å²) >= 11 is 0. The van der Waals surface area contributed by atoms with Crippen LogP contribution < -0.4 is 11.1 Å². The van der Waals surface area contributed by atoms with E-state index >= 15 is 0 Å². The topological polar surface area (TPSA) is 72.9 Å². The van der Waals surface area contributed by atoms with Crippen LogP contribution >= 0.6 is 0 Å². The molecule has 1 aromatic carbocycles. The molecule has 5 heteroatoms. The number of hydrogen-bond acceptors (Lipinski definition) is 3. The Bertz CT molecular complexity index is 622. The molecule has 3 N–H and O–H groups in total. The molecule has 1 atom stereocenters. The lowest BCUT2D eigenvalue weighted by Gasteiger charge is -2.19. The van der Waals surface area contributed by atoms with Crippen molar-refractivity contribution in [2.45, 2.75) is 32.2 Å². The lowest BCUT2D eigenvalue weighted by molar-refractivity contribution is -0.117. The van der Waals surface area contributed by atoms with Gasteiger partial charge in [0.15, 0.2) is 0 Å². The summed E-state index contributed by atoms with van der Waals surface area (Å²) in [5.74, 6) is -0.244. The molecule has 0 bridgehead atoms. The summed E-state index contributed by atoms with van der Waals surface area (Å²) in [5.41, 5.74) is 8.68. The maximum atomic E-state index is 12.1. The molecule has 0 saturated carbocycles. The molecule has 0 fully saturated rings. The van der Waals surface area contributed by atoms with E-state index in [0.29, 0.717) is 5.56 Å². The molecule has 21 heavy (non-hydrogen) atoms. The minimum atomic E-state index is -0.721. The van der Waals surface area contributed by atoms with Gasteiger partial charge in [-0.15, -0.1) is 0 Å². The van der Waals surface area contributed by atoms with Crippen LogP contribution in [-0.2, 0) is 17.3 Å². The summed E-state index contributed by atoms with van der Waals surface area (Å²) in [7, 11) is 1.79. The standard InChI is InChI=1S/C16H22N4O/c1-16(2,3)12-5-7-13(8-6-12)19-15(21)14(17)11-9-18-20(4)10-11/h5-10,14H,17H2,1-4H3,(H,19,21). The molecule has 0 aliphatic carbocycles. The Morgan fingerprint density at radius 3 is 2.38 bits per heavy atom. The Hall–Kier alpha value is -2.14. The monoisotopic (exact) mass is 286 g/mol. The van der Waals surface area contributed by atoms with Gasteiger partial charge in [0, 0.05) is 24.5 Å². The Balaban J connectivity index is 2.06. The van der Waals surface area contributed by atoms with Crippen molar-refractivity contribution in [1.82, 2.24) is 9.78 Å². The number of hydrogen-bond donors (Lipinski definition) is 2. The molecular weight excluding hydrogens is 264 g/mol. The Morgan fingerprint density at radius 1 is 1.29 bits per heavy atom. The molecule has 1 heterocycles. The highest BCUT2D eigenvalue weighted by Gasteiger charge is 2.18. The van der Waals surface area contributed by atoms with Gasteiger partial charge in [0.25, 0.3) is 0 Å². The summed E-state index contributed by atoms with van der Waals surface area (Å²) in [5, 5.41) is 6.85. The van der Waals surface area contributed by atoms with Crippen LogP contribution in [0, 0.1) is 0 Å². The molecule has 2 rings (SSSR count). The van der Waals surface area contributed by atoms with Crippen molar-refractivity contribution in [3.8, 4) is 0 Å². The molecule has 1 unspecified atom stereocenters. The van der Waals surface area contributed by atoms with Crippen molar-refractivity contribution in [2.75, 3.05) is 5.32 Å². The van der Waals surface area contributed by atoms with Gasteiger partial charge in [0.05, 0.1) is 6.20 Å². The number of aryl methyl sites for hydroxylation is 1. The molecule has 5 nitrogen and oxygen atoms in total. The van der Waals surface area contributed by atoms with Gasteiger partial charge in [0.1, 0.15) is 6.04 Å². The van der Waals surface area contributed by atoms with Crippen LogP contribution in [0.4, 0.5) is 5.69 Å². The van der Waals surface area contributed by atoms with Crippen LogP contribution in [0.1, 0.15) is 37.9 Å². The average Bonchev–Trinajstić information content (AvgIpc) is 2.84. The van der Waals surface area contributed by atoms with Crippen LogP contribution in [0.2, 0.25) is 0 Å². The summed E-state index contributed by atoms with van der Waals surface area (Å²) in [6.45, 7) is 6.46. The molecule has 0 aliphatic rings. The zero-order chi connectivity index (χ0) is 15.6. The van der Waals surface area contributed by atoms with E-state index in [1.54, 1.807) is 24.1 Å². The van der Waals surface area contributed by atoms with Crippen molar-refractivity contribution < 1.29 is 4.79 Å².